The molecule has 0 radical (unpaired) electrons. The number of aromatic nitrogens is 1. The summed E-state index contributed by atoms with van der Waals surface area (Å²) in [6, 6.07) is 15.8. The molecule has 0 fully saturated rings. The van der Waals surface area contributed by atoms with E-state index in [1.54, 1.807) is 30.3 Å². The van der Waals surface area contributed by atoms with Crippen molar-refractivity contribution in [1.29, 1.82) is 0 Å². The molecule has 0 aliphatic carbocycles. The van der Waals surface area contributed by atoms with Gasteiger partial charge in [0.1, 0.15) is 5.69 Å². The summed E-state index contributed by atoms with van der Waals surface area (Å²) >= 11 is 6.08. The van der Waals surface area contributed by atoms with Crippen molar-refractivity contribution in [1.82, 2.24) is 4.98 Å². The van der Waals surface area contributed by atoms with Crippen LogP contribution in [0, 0.1) is 6.92 Å². The molecule has 2 aromatic carbocycles. The molecule has 142 valence electrons. The number of rotatable bonds is 5. The molecule has 0 saturated carbocycles. The van der Waals surface area contributed by atoms with E-state index in [-0.39, 0.29) is 17.5 Å². The van der Waals surface area contributed by atoms with Crippen molar-refractivity contribution in [2.24, 2.45) is 0 Å². The van der Waals surface area contributed by atoms with Crippen molar-refractivity contribution in [2.45, 2.75) is 20.3 Å². The third kappa shape index (κ3) is 4.38. The largest absolute Gasteiger partial charge is 0.321 e. The zero-order valence-corrected chi connectivity index (χ0v) is 16.4. The second kappa shape index (κ2) is 8.67. The van der Waals surface area contributed by atoms with Crippen LogP contribution >= 0.6 is 11.6 Å². The van der Waals surface area contributed by atoms with Gasteiger partial charge in [-0.15, -0.1) is 0 Å². The Kier molecular flexibility index (Phi) is 6.06. The average molecular weight is 394 g/mol. The maximum Gasteiger partial charge on any atom is 0.274 e. The van der Waals surface area contributed by atoms with Crippen LogP contribution < -0.4 is 10.6 Å². The third-order valence-corrected chi connectivity index (χ3v) is 4.68. The Morgan fingerprint density at radius 3 is 2.54 bits per heavy atom. The van der Waals surface area contributed by atoms with Gasteiger partial charge in [-0.2, -0.15) is 0 Å². The first kappa shape index (κ1) is 19.6. The predicted molar refractivity (Wildman–Crippen MR) is 112 cm³/mol. The molecule has 0 unspecified atom stereocenters. The fraction of sp³-hybridized carbons (Fsp3) is 0.136. The number of aryl methyl sites for hydroxylation is 2. The summed E-state index contributed by atoms with van der Waals surface area (Å²) in [7, 11) is 0. The highest BCUT2D eigenvalue weighted by Gasteiger charge is 2.15. The normalized spacial score (nSPS) is 10.4. The van der Waals surface area contributed by atoms with Crippen molar-refractivity contribution < 1.29 is 9.59 Å². The highest BCUT2D eigenvalue weighted by molar-refractivity contribution is 6.33. The van der Waals surface area contributed by atoms with Gasteiger partial charge in [0.15, 0.2) is 0 Å². The Bertz CT molecular complexity index is 1030. The lowest BCUT2D eigenvalue weighted by Gasteiger charge is -2.13. The highest BCUT2D eigenvalue weighted by Crippen LogP contribution is 2.23. The highest BCUT2D eigenvalue weighted by atomic mass is 35.5. The lowest BCUT2D eigenvalue weighted by atomic mass is 10.1. The molecule has 1 heterocycles. The van der Waals surface area contributed by atoms with Crippen LogP contribution in [-0.2, 0) is 6.42 Å². The van der Waals surface area contributed by atoms with Gasteiger partial charge in [0.2, 0.25) is 0 Å². The number of pyridine rings is 1. The lowest BCUT2D eigenvalue weighted by Crippen LogP contribution is -2.18. The maximum atomic E-state index is 12.7. The minimum absolute atomic E-state index is 0.164. The number of nitrogens with one attached hydrogen (secondary N) is 2. The number of halogens is 1. The van der Waals surface area contributed by atoms with Crippen LogP contribution in [0.2, 0.25) is 5.02 Å². The van der Waals surface area contributed by atoms with Crippen LogP contribution in [0.4, 0.5) is 11.4 Å². The molecule has 1 aromatic heterocycles. The molecular weight excluding hydrogens is 374 g/mol. The molecule has 0 aliphatic rings. The van der Waals surface area contributed by atoms with Crippen LogP contribution in [-0.4, -0.2) is 16.8 Å². The van der Waals surface area contributed by atoms with Gasteiger partial charge >= 0.3 is 0 Å². The minimum Gasteiger partial charge on any atom is -0.321 e. The second-order valence-electron chi connectivity index (χ2n) is 6.28. The SMILES string of the molecule is CCc1cccc(C)c1NC(=O)c1cc(C(=O)Nc2ccccc2Cl)ccn1. The number of amides is 2. The number of benzene rings is 2. The van der Waals surface area contributed by atoms with Gasteiger partial charge in [-0.05, 0) is 48.7 Å². The number of hydrogen-bond acceptors (Lipinski definition) is 3. The summed E-state index contributed by atoms with van der Waals surface area (Å²) in [4.78, 5) is 29.3. The van der Waals surface area contributed by atoms with Crippen LogP contribution in [0.3, 0.4) is 0 Å². The van der Waals surface area contributed by atoms with E-state index >= 15 is 0 Å². The Labute approximate surface area is 168 Å². The molecule has 0 bridgehead atoms. The summed E-state index contributed by atoms with van der Waals surface area (Å²) in [6.45, 7) is 3.97. The second-order valence-corrected chi connectivity index (χ2v) is 6.69. The molecule has 2 N–H and O–H groups in total. The summed E-state index contributed by atoms with van der Waals surface area (Å²) in [5.41, 5.74) is 3.78. The molecule has 0 aliphatic heterocycles. The molecule has 5 nitrogen and oxygen atoms in total. The number of anilines is 2. The molecule has 6 heteroatoms. The summed E-state index contributed by atoms with van der Waals surface area (Å²) in [5.74, 6) is -0.730. The number of nitrogens with zero attached hydrogens (tertiary/aromatic N) is 1. The minimum atomic E-state index is -0.366. The van der Waals surface area contributed by atoms with Crippen LogP contribution in [0.15, 0.2) is 60.8 Å². The molecule has 0 spiro atoms. The van der Waals surface area contributed by atoms with E-state index in [9.17, 15) is 9.59 Å². The van der Waals surface area contributed by atoms with E-state index in [0.29, 0.717) is 16.3 Å². The van der Waals surface area contributed by atoms with Gasteiger partial charge < -0.3 is 10.6 Å². The standard InChI is InChI=1S/C22H20ClN3O2/c1-3-15-8-6-7-14(2)20(15)26-22(28)19-13-16(11-12-24-19)21(27)25-18-10-5-4-9-17(18)23/h4-13H,3H2,1-2H3,(H,25,27)(H,26,28). The van der Waals surface area contributed by atoms with Crippen molar-refractivity contribution >= 4 is 34.8 Å². The summed E-state index contributed by atoms with van der Waals surface area (Å²) in [6.07, 6.45) is 2.24. The molecule has 3 rings (SSSR count). The van der Waals surface area contributed by atoms with Gasteiger partial charge in [-0.1, -0.05) is 48.9 Å². The van der Waals surface area contributed by atoms with E-state index in [1.165, 1.54) is 12.3 Å². The van der Waals surface area contributed by atoms with Gasteiger partial charge in [-0.3, -0.25) is 14.6 Å². The van der Waals surface area contributed by atoms with Crippen LogP contribution in [0.5, 0.6) is 0 Å². The molecule has 2 amide bonds. The quantitative estimate of drug-likeness (QED) is 0.632. The molecular formula is C22H20ClN3O2. The maximum absolute atomic E-state index is 12.7. The average Bonchev–Trinajstić information content (AvgIpc) is 2.71. The number of carbonyl (C=O) groups is 2. The Hall–Kier alpha value is -3.18. The zero-order valence-electron chi connectivity index (χ0n) is 15.6. The van der Waals surface area contributed by atoms with E-state index in [1.807, 2.05) is 32.0 Å². The van der Waals surface area contributed by atoms with Gasteiger partial charge in [-0.25, -0.2) is 0 Å². The molecule has 0 saturated heterocycles. The first-order valence-electron chi connectivity index (χ1n) is 8.91. The van der Waals surface area contributed by atoms with E-state index < -0.39 is 0 Å². The summed E-state index contributed by atoms with van der Waals surface area (Å²) < 4.78 is 0. The Morgan fingerprint density at radius 1 is 1.00 bits per heavy atom. The Morgan fingerprint density at radius 2 is 1.79 bits per heavy atom. The van der Waals surface area contributed by atoms with Crippen LogP contribution in [0.1, 0.15) is 38.9 Å². The first-order chi connectivity index (χ1) is 13.5. The number of carbonyl (C=O) groups excluding carboxylic acids is 2. The smallest absolute Gasteiger partial charge is 0.274 e. The van der Waals surface area contributed by atoms with Crippen LogP contribution in [0.25, 0.3) is 0 Å². The number of para-hydroxylation sites is 2. The third-order valence-electron chi connectivity index (χ3n) is 4.36. The van der Waals surface area contributed by atoms with Crippen molar-refractivity contribution in [3.8, 4) is 0 Å². The van der Waals surface area contributed by atoms with Gasteiger partial charge in [0.25, 0.3) is 11.8 Å². The summed E-state index contributed by atoms with van der Waals surface area (Å²) in [5, 5.41) is 6.10. The van der Waals surface area contributed by atoms with Gasteiger partial charge in [0, 0.05) is 17.4 Å². The molecule has 3 aromatic rings. The number of hydrogen-bond donors (Lipinski definition) is 2. The fourth-order valence-corrected chi connectivity index (χ4v) is 3.02. The van der Waals surface area contributed by atoms with Crippen molar-refractivity contribution in [3.05, 3.63) is 88.2 Å². The lowest BCUT2D eigenvalue weighted by molar-refractivity contribution is 0.102. The van der Waals surface area contributed by atoms with E-state index in [4.69, 9.17) is 11.6 Å². The topological polar surface area (TPSA) is 71.1 Å². The monoisotopic (exact) mass is 393 g/mol. The molecule has 28 heavy (non-hydrogen) atoms. The molecule has 0 atom stereocenters. The zero-order chi connectivity index (χ0) is 20.1. The van der Waals surface area contributed by atoms with E-state index in [0.717, 1.165) is 23.2 Å². The fourth-order valence-electron chi connectivity index (χ4n) is 2.83. The predicted octanol–water partition coefficient (Wildman–Crippen LogP) is 5.11. The van der Waals surface area contributed by atoms with Gasteiger partial charge in [0.05, 0.1) is 10.7 Å². The Balaban J connectivity index is 1.80. The van der Waals surface area contributed by atoms with Crippen molar-refractivity contribution in [3.63, 3.8) is 0 Å². The van der Waals surface area contributed by atoms with Crippen molar-refractivity contribution in [2.75, 3.05) is 10.6 Å². The van der Waals surface area contributed by atoms with E-state index in [2.05, 4.69) is 15.6 Å². The first-order valence-corrected chi connectivity index (χ1v) is 9.29.